The molecule has 4 atom stereocenters. The number of esters is 1. The van der Waals surface area contributed by atoms with E-state index in [2.05, 4.69) is 10.6 Å². The minimum absolute atomic E-state index is 0.0878. The monoisotopic (exact) mass is 531 g/mol. The lowest BCUT2D eigenvalue weighted by Gasteiger charge is -2.27. The van der Waals surface area contributed by atoms with E-state index in [9.17, 15) is 19.2 Å². The van der Waals surface area contributed by atoms with Crippen LogP contribution in [0.3, 0.4) is 0 Å². The van der Waals surface area contributed by atoms with E-state index in [1.54, 1.807) is 21.0 Å². The second-order valence-electron chi connectivity index (χ2n) is 10.7. The standard InChI is InChI=1S/C29H45N3O6/c1-6-37-28(35)25-19-22(27(34)32(4)5)15-11-8-12-16-23(18-21-13-9-7-10-14-21)38-29(36)31-24(17-20(2)3)26(33)30-25/h7,9-10,13-14,20,22-25H,6,8,11-12,15-19H2,1-5H3,(H,30,33)(H,31,36)/t22?,23?,24-,25-/m0/s1. The summed E-state index contributed by atoms with van der Waals surface area (Å²) >= 11 is 0. The van der Waals surface area contributed by atoms with Gasteiger partial charge in [-0.3, -0.25) is 9.59 Å². The Balaban J connectivity index is 2.32. The van der Waals surface area contributed by atoms with Gasteiger partial charge in [0.05, 0.1) is 6.61 Å². The van der Waals surface area contributed by atoms with Crippen LogP contribution < -0.4 is 10.6 Å². The van der Waals surface area contributed by atoms with Crippen LogP contribution in [0.5, 0.6) is 0 Å². The van der Waals surface area contributed by atoms with Gasteiger partial charge in [-0.05, 0) is 50.5 Å². The van der Waals surface area contributed by atoms with E-state index >= 15 is 0 Å². The van der Waals surface area contributed by atoms with Gasteiger partial charge in [0, 0.05) is 26.4 Å². The molecule has 1 aliphatic rings. The number of nitrogens with zero attached hydrogens (tertiary/aromatic N) is 1. The quantitative estimate of drug-likeness (QED) is 0.517. The maximum absolute atomic E-state index is 13.4. The number of carbonyl (C=O) groups is 4. The Hall–Kier alpha value is -3.10. The van der Waals surface area contributed by atoms with Crippen molar-refractivity contribution in [1.29, 1.82) is 0 Å². The van der Waals surface area contributed by atoms with Gasteiger partial charge < -0.3 is 25.0 Å². The molecule has 2 rings (SSSR count). The number of alkyl carbamates (subject to hydrolysis) is 1. The molecule has 1 saturated heterocycles. The Morgan fingerprint density at radius 2 is 1.74 bits per heavy atom. The first-order valence-corrected chi connectivity index (χ1v) is 13.8. The Labute approximate surface area is 227 Å². The molecule has 212 valence electrons. The lowest BCUT2D eigenvalue weighted by molar-refractivity contribution is -0.148. The number of nitrogens with one attached hydrogen (secondary N) is 2. The van der Waals surface area contributed by atoms with Crippen molar-refractivity contribution >= 4 is 23.9 Å². The predicted octanol–water partition coefficient (Wildman–Crippen LogP) is 3.85. The van der Waals surface area contributed by atoms with Crippen LogP contribution in [0.25, 0.3) is 0 Å². The molecule has 0 radical (unpaired) electrons. The van der Waals surface area contributed by atoms with E-state index in [-0.39, 0.29) is 31.0 Å². The van der Waals surface area contributed by atoms with Gasteiger partial charge in [0.15, 0.2) is 0 Å². The Morgan fingerprint density at radius 3 is 2.37 bits per heavy atom. The zero-order valence-corrected chi connectivity index (χ0v) is 23.5. The fraction of sp³-hybridized carbons (Fsp3) is 0.655. The largest absolute Gasteiger partial charge is 0.464 e. The molecule has 0 bridgehead atoms. The van der Waals surface area contributed by atoms with Gasteiger partial charge in [-0.2, -0.15) is 0 Å². The van der Waals surface area contributed by atoms with Gasteiger partial charge in [-0.15, -0.1) is 0 Å². The molecular formula is C29H45N3O6. The maximum atomic E-state index is 13.4. The van der Waals surface area contributed by atoms with Gasteiger partial charge in [0.1, 0.15) is 18.2 Å². The summed E-state index contributed by atoms with van der Waals surface area (Å²) < 4.78 is 11.0. The molecule has 2 unspecified atom stereocenters. The first-order chi connectivity index (χ1) is 18.1. The zero-order chi connectivity index (χ0) is 28.1. The normalized spacial score (nSPS) is 23.7. The summed E-state index contributed by atoms with van der Waals surface area (Å²) in [4.78, 5) is 53.6. The molecule has 9 heteroatoms. The van der Waals surface area contributed by atoms with Crippen molar-refractivity contribution < 1.29 is 28.7 Å². The van der Waals surface area contributed by atoms with Crippen LogP contribution in [-0.4, -0.2) is 67.7 Å². The third-order valence-electron chi connectivity index (χ3n) is 6.67. The van der Waals surface area contributed by atoms with Crippen molar-refractivity contribution in [1.82, 2.24) is 15.5 Å². The van der Waals surface area contributed by atoms with E-state index in [1.807, 2.05) is 44.2 Å². The van der Waals surface area contributed by atoms with E-state index in [1.165, 1.54) is 4.90 Å². The smallest absolute Gasteiger partial charge is 0.408 e. The van der Waals surface area contributed by atoms with E-state index in [4.69, 9.17) is 9.47 Å². The molecule has 3 amide bonds. The zero-order valence-electron chi connectivity index (χ0n) is 23.5. The molecule has 2 N–H and O–H groups in total. The molecule has 1 aliphatic heterocycles. The van der Waals surface area contributed by atoms with Gasteiger partial charge in [0.25, 0.3) is 0 Å². The minimum atomic E-state index is -1.00. The summed E-state index contributed by atoms with van der Waals surface area (Å²) in [5.41, 5.74) is 1.06. The van der Waals surface area contributed by atoms with E-state index in [0.717, 1.165) is 24.8 Å². The van der Waals surface area contributed by atoms with Crippen LogP contribution in [-0.2, 0) is 30.3 Å². The van der Waals surface area contributed by atoms with Crippen LogP contribution in [0.1, 0.15) is 71.3 Å². The lowest BCUT2D eigenvalue weighted by Crippen LogP contribution is -2.53. The van der Waals surface area contributed by atoms with Crippen LogP contribution in [0.15, 0.2) is 30.3 Å². The topological polar surface area (TPSA) is 114 Å². The van der Waals surface area contributed by atoms with Gasteiger partial charge >= 0.3 is 12.1 Å². The summed E-state index contributed by atoms with van der Waals surface area (Å²) in [6.07, 6.45) is 3.75. The number of benzene rings is 1. The highest BCUT2D eigenvalue weighted by molar-refractivity contribution is 5.90. The first kappa shape index (κ1) is 31.1. The highest BCUT2D eigenvalue weighted by Gasteiger charge is 2.33. The minimum Gasteiger partial charge on any atom is -0.464 e. The molecule has 1 aromatic rings. The number of hydrogen-bond donors (Lipinski definition) is 2. The fourth-order valence-electron chi connectivity index (χ4n) is 4.77. The van der Waals surface area contributed by atoms with E-state index in [0.29, 0.717) is 25.7 Å². The average Bonchev–Trinajstić information content (AvgIpc) is 2.86. The molecule has 9 nitrogen and oxygen atoms in total. The molecule has 38 heavy (non-hydrogen) atoms. The molecule has 1 heterocycles. The van der Waals surface area contributed by atoms with Gasteiger partial charge in [-0.25, -0.2) is 9.59 Å². The summed E-state index contributed by atoms with van der Waals surface area (Å²) in [5, 5.41) is 5.49. The summed E-state index contributed by atoms with van der Waals surface area (Å²) in [6.45, 7) is 5.74. The maximum Gasteiger partial charge on any atom is 0.408 e. The average molecular weight is 532 g/mol. The first-order valence-electron chi connectivity index (χ1n) is 13.8. The van der Waals surface area contributed by atoms with Crippen molar-refractivity contribution in [3.05, 3.63) is 35.9 Å². The molecule has 0 aliphatic carbocycles. The van der Waals surface area contributed by atoms with Crippen molar-refractivity contribution in [2.45, 2.75) is 90.3 Å². The number of cyclic esters (lactones) is 1. The van der Waals surface area contributed by atoms with Crippen molar-refractivity contribution in [2.75, 3.05) is 20.7 Å². The number of rotatable bonds is 7. The van der Waals surface area contributed by atoms with Crippen molar-refractivity contribution in [3.8, 4) is 0 Å². The molecule has 0 aromatic heterocycles. The molecule has 0 spiro atoms. The van der Waals surface area contributed by atoms with E-state index < -0.39 is 36.0 Å². The second-order valence-corrected chi connectivity index (χ2v) is 10.7. The van der Waals surface area contributed by atoms with Crippen LogP contribution in [0.4, 0.5) is 4.79 Å². The van der Waals surface area contributed by atoms with Crippen LogP contribution in [0, 0.1) is 11.8 Å². The lowest BCUT2D eigenvalue weighted by atomic mass is 9.91. The molecular weight excluding hydrogens is 486 g/mol. The third-order valence-corrected chi connectivity index (χ3v) is 6.67. The number of hydrogen-bond acceptors (Lipinski definition) is 6. The number of ether oxygens (including phenoxy) is 2. The van der Waals surface area contributed by atoms with Crippen molar-refractivity contribution in [3.63, 3.8) is 0 Å². The van der Waals surface area contributed by atoms with Gasteiger partial charge in [-0.1, -0.05) is 57.0 Å². The number of amides is 3. The Kier molecular flexibility index (Phi) is 13.1. The predicted molar refractivity (Wildman–Crippen MR) is 145 cm³/mol. The summed E-state index contributed by atoms with van der Waals surface area (Å²) in [5.74, 6) is -1.53. The molecule has 1 aromatic carbocycles. The second kappa shape index (κ2) is 16.0. The molecule has 1 fully saturated rings. The van der Waals surface area contributed by atoms with Gasteiger partial charge in [0.2, 0.25) is 11.8 Å². The summed E-state index contributed by atoms with van der Waals surface area (Å²) in [7, 11) is 3.38. The number of carbonyl (C=O) groups excluding carboxylic acids is 4. The SMILES string of the molecule is CCOC(=O)[C@@H]1CC(C(=O)N(C)C)CCCCCC(Cc2ccccc2)OC(=O)N[C@@H](CC(C)C)C(=O)N1. The highest BCUT2D eigenvalue weighted by atomic mass is 16.6. The van der Waals surface area contributed by atoms with Crippen LogP contribution in [0.2, 0.25) is 0 Å². The molecule has 0 saturated carbocycles. The highest BCUT2D eigenvalue weighted by Crippen LogP contribution is 2.22. The fourth-order valence-corrected chi connectivity index (χ4v) is 4.77. The van der Waals surface area contributed by atoms with Crippen molar-refractivity contribution in [2.24, 2.45) is 11.8 Å². The third kappa shape index (κ3) is 10.7. The van der Waals surface area contributed by atoms with Crippen LogP contribution >= 0.6 is 0 Å². The Morgan fingerprint density at radius 1 is 1.05 bits per heavy atom. The summed E-state index contributed by atoms with van der Waals surface area (Å²) in [6, 6.07) is 7.94. The Bertz CT molecular complexity index is 905.